The van der Waals surface area contributed by atoms with E-state index in [4.69, 9.17) is 23.2 Å². The lowest BCUT2D eigenvalue weighted by atomic mass is 10.1. The van der Waals surface area contributed by atoms with E-state index in [0.29, 0.717) is 6.54 Å². The standard InChI is InChI=1S/C22H24Cl2N4O3S/c1-27(15-16-8-10-17(11-9-16)22-25-12-13-26-22)20(29)7-4-14-28(2)32(30,31)21-18(23)5-3-6-19(21)24/h3-11H,12-15H2,1-2H3,(H,25,26)/b7-4+. The quantitative estimate of drug-likeness (QED) is 0.571. The molecule has 3 rings (SSSR count). The summed E-state index contributed by atoms with van der Waals surface area (Å²) < 4.78 is 26.6. The number of carbonyl (C=O) groups is 1. The summed E-state index contributed by atoms with van der Waals surface area (Å²) in [6.07, 6.45) is 2.85. The van der Waals surface area contributed by atoms with Gasteiger partial charge in [-0.05, 0) is 17.7 Å². The van der Waals surface area contributed by atoms with Gasteiger partial charge in [-0.15, -0.1) is 0 Å². The summed E-state index contributed by atoms with van der Waals surface area (Å²) in [6, 6.07) is 12.4. The van der Waals surface area contributed by atoms with E-state index in [1.807, 2.05) is 24.3 Å². The lowest BCUT2D eigenvalue weighted by Gasteiger charge is -2.18. The van der Waals surface area contributed by atoms with Crippen LogP contribution in [-0.2, 0) is 21.4 Å². The van der Waals surface area contributed by atoms with Gasteiger partial charge in [0.05, 0.1) is 16.6 Å². The number of carbonyl (C=O) groups excluding carboxylic acids is 1. The van der Waals surface area contributed by atoms with E-state index in [1.54, 1.807) is 18.0 Å². The van der Waals surface area contributed by atoms with Crippen LogP contribution in [0.4, 0.5) is 0 Å². The Morgan fingerprint density at radius 2 is 1.78 bits per heavy atom. The summed E-state index contributed by atoms with van der Waals surface area (Å²) in [5.74, 6) is 0.651. The number of rotatable bonds is 8. The van der Waals surface area contributed by atoms with Crippen LogP contribution in [0.3, 0.4) is 0 Å². The van der Waals surface area contributed by atoms with Gasteiger partial charge in [-0.3, -0.25) is 9.79 Å². The maximum Gasteiger partial charge on any atom is 0.246 e. The SMILES string of the molecule is CN(Cc1ccc(C2=NCCN2)cc1)C(=O)/C=C/CN(C)S(=O)(=O)c1c(Cl)cccc1Cl. The highest BCUT2D eigenvalue weighted by molar-refractivity contribution is 7.89. The number of benzene rings is 2. The molecule has 0 bridgehead atoms. The molecule has 1 amide bonds. The van der Waals surface area contributed by atoms with Crippen LogP contribution in [0.15, 0.2) is 64.5 Å². The summed E-state index contributed by atoms with van der Waals surface area (Å²) in [5, 5.41) is 3.32. The third-order valence-electron chi connectivity index (χ3n) is 4.91. The molecule has 10 heteroatoms. The number of hydrogen-bond acceptors (Lipinski definition) is 5. The zero-order valence-electron chi connectivity index (χ0n) is 17.8. The lowest BCUT2D eigenvalue weighted by Crippen LogP contribution is -2.28. The second-order valence-corrected chi connectivity index (χ2v) is 10.1. The van der Waals surface area contributed by atoms with Crippen molar-refractivity contribution in [2.45, 2.75) is 11.4 Å². The van der Waals surface area contributed by atoms with E-state index < -0.39 is 10.0 Å². The third-order valence-corrected chi connectivity index (χ3v) is 7.69. The van der Waals surface area contributed by atoms with E-state index in [-0.39, 0.29) is 27.4 Å². The molecule has 0 atom stereocenters. The maximum absolute atomic E-state index is 12.8. The molecule has 0 aromatic heterocycles. The molecule has 2 aromatic carbocycles. The van der Waals surface area contributed by atoms with Crippen LogP contribution in [0.1, 0.15) is 11.1 Å². The van der Waals surface area contributed by atoms with Crippen molar-refractivity contribution in [3.8, 4) is 0 Å². The molecule has 7 nitrogen and oxygen atoms in total. The maximum atomic E-state index is 12.8. The smallest absolute Gasteiger partial charge is 0.246 e. The van der Waals surface area contributed by atoms with Crippen LogP contribution in [0.5, 0.6) is 0 Å². The van der Waals surface area contributed by atoms with Crippen LogP contribution in [0, 0.1) is 0 Å². The first-order valence-electron chi connectivity index (χ1n) is 9.90. The van der Waals surface area contributed by atoms with Crippen LogP contribution in [-0.4, -0.2) is 63.1 Å². The highest BCUT2D eigenvalue weighted by Crippen LogP contribution is 2.30. The Morgan fingerprint density at radius 1 is 1.12 bits per heavy atom. The molecule has 1 N–H and O–H groups in total. The van der Waals surface area contributed by atoms with Gasteiger partial charge >= 0.3 is 0 Å². The van der Waals surface area contributed by atoms with Gasteiger partial charge in [0.2, 0.25) is 15.9 Å². The Labute approximate surface area is 198 Å². The molecule has 0 fully saturated rings. The van der Waals surface area contributed by atoms with E-state index in [0.717, 1.165) is 34.4 Å². The third kappa shape index (κ3) is 5.69. The molecule has 0 radical (unpaired) electrons. The fourth-order valence-corrected chi connectivity index (χ4v) is 5.33. The van der Waals surface area contributed by atoms with Gasteiger partial charge in [0.25, 0.3) is 0 Å². The molecular weight excluding hydrogens is 471 g/mol. The minimum atomic E-state index is -3.90. The van der Waals surface area contributed by atoms with Crippen molar-refractivity contribution in [3.05, 3.63) is 75.8 Å². The van der Waals surface area contributed by atoms with Gasteiger partial charge in [-0.25, -0.2) is 8.42 Å². The van der Waals surface area contributed by atoms with Crippen molar-refractivity contribution in [1.82, 2.24) is 14.5 Å². The molecule has 0 aliphatic carbocycles. The van der Waals surface area contributed by atoms with Gasteiger partial charge in [-0.2, -0.15) is 4.31 Å². The van der Waals surface area contributed by atoms with Crippen molar-refractivity contribution in [3.63, 3.8) is 0 Å². The molecule has 1 heterocycles. The largest absolute Gasteiger partial charge is 0.368 e. The number of sulfonamides is 1. The van der Waals surface area contributed by atoms with Gasteiger partial charge in [0, 0.05) is 45.4 Å². The van der Waals surface area contributed by atoms with Crippen LogP contribution >= 0.6 is 23.2 Å². The Bertz CT molecular complexity index is 1130. The summed E-state index contributed by atoms with van der Waals surface area (Å²) >= 11 is 12.1. The lowest BCUT2D eigenvalue weighted by molar-refractivity contribution is -0.125. The highest BCUT2D eigenvalue weighted by Gasteiger charge is 2.25. The normalized spacial score (nSPS) is 14.0. The van der Waals surface area contributed by atoms with Crippen molar-refractivity contribution in [2.75, 3.05) is 33.7 Å². The average molecular weight is 495 g/mol. The predicted octanol–water partition coefficient (Wildman–Crippen LogP) is 3.18. The van der Waals surface area contributed by atoms with E-state index in [9.17, 15) is 13.2 Å². The van der Waals surface area contributed by atoms with Gasteiger partial charge in [-0.1, -0.05) is 59.6 Å². The molecular formula is C22H24Cl2N4O3S. The number of nitrogens with one attached hydrogen (secondary N) is 1. The van der Waals surface area contributed by atoms with Gasteiger partial charge in [0.15, 0.2) is 0 Å². The van der Waals surface area contributed by atoms with Gasteiger partial charge < -0.3 is 10.2 Å². The molecule has 0 saturated heterocycles. The first-order chi connectivity index (χ1) is 15.2. The summed E-state index contributed by atoms with van der Waals surface area (Å²) in [5.41, 5.74) is 1.99. The highest BCUT2D eigenvalue weighted by atomic mass is 35.5. The molecule has 0 spiro atoms. The first kappa shape index (κ1) is 24.3. The van der Waals surface area contributed by atoms with Crippen LogP contribution in [0.2, 0.25) is 10.0 Å². The van der Waals surface area contributed by atoms with Crippen molar-refractivity contribution >= 4 is 45.0 Å². The molecule has 2 aromatic rings. The molecule has 1 aliphatic heterocycles. The number of amides is 1. The van der Waals surface area contributed by atoms with Crippen LogP contribution in [0.25, 0.3) is 0 Å². The summed E-state index contributed by atoms with van der Waals surface area (Å²) in [4.78, 5) is 18.2. The Hall–Kier alpha value is -2.39. The fraction of sp³-hybridized carbons (Fsp3) is 0.273. The predicted molar refractivity (Wildman–Crippen MR) is 128 cm³/mol. The minimum Gasteiger partial charge on any atom is -0.368 e. The topological polar surface area (TPSA) is 82.1 Å². The second kappa shape index (κ2) is 10.5. The zero-order valence-corrected chi connectivity index (χ0v) is 20.1. The van der Waals surface area contributed by atoms with Crippen molar-refractivity contribution in [2.24, 2.45) is 4.99 Å². The zero-order chi connectivity index (χ0) is 23.3. The van der Waals surface area contributed by atoms with E-state index in [1.165, 1.54) is 31.3 Å². The molecule has 1 aliphatic rings. The summed E-state index contributed by atoms with van der Waals surface area (Å²) in [6.45, 7) is 2.05. The molecule has 32 heavy (non-hydrogen) atoms. The fourth-order valence-electron chi connectivity index (χ4n) is 3.12. The number of hydrogen-bond donors (Lipinski definition) is 1. The number of halogens is 2. The van der Waals surface area contributed by atoms with E-state index in [2.05, 4.69) is 10.3 Å². The summed E-state index contributed by atoms with van der Waals surface area (Å²) in [7, 11) is -0.811. The van der Waals surface area contributed by atoms with Crippen molar-refractivity contribution < 1.29 is 13.2 Å². The van der Waals surface area contributed by atoms with Crippen LogP contribution < -0.4 is 5.32 Å². The molecule has 170 valence electrons. The monoisotopic (exact) mass is 494 g/mol. The molecule has 0 unspecified atom stereocenters. The second-order valence-electron chi connectivity index (χ2n) is 7.29. The van der Waals surface area contributed by atoms with Gasteiger partial charge in [0.1, 0.15) is 10.7 Å². The number of amidine groups is 1. The number of nitrogens with zero attached hydrogens (tertiary/aromatic N) is 3. The molecule has 0 saturated carbocycles. The Kier molecular flexibility index (Phi) is 7.95. The van der Waals surface area contributed by atoms with Crippen molar-refractivity contribution in [1.29, 1.82) is 0 Å². The minimum absolute atomic E-state index is 0.00667. The van der Waals surface area contributed by atoms with E-state index >= 15 is 0 Å². The Balaban J connectivity index is 1.57. The number of aliphatic imine (C=N–C) groups is 1. The number of likely N-dealkylation sites (N-methyl/N-ethyl adjacent to an activating group) is 2. The average Bonchev–Trinajstić information content (AvgIpc) is 3.28. The first-order valence-corrected chi connectivity index (χ1v) is 12.1. The Morgan fingerprint density at radius 3 is 2.38 bits per heavy atom.